The van der Waals surface area contributed by atoms with Crippen LogP contribution < -0.4 is 10.6 Å². The van der Waals surface area contributed by atoms with Crippen molar-refractivity contribution in [2.75, 3.05) is 18.4 Å². The van der Waals surface area contributed by atoms with Crippen molar-refractivity contribution in [3.63, 3.8) is 0 Å². The number of carbonyl (C=O) groups excluding carboxylic acids is 1. The van der Waals surface area contributed by atoms with Crippen molar-refractivity contribution in [2.24, 2.45) is 0 Å². The van der Waals surface area contributed by atoms with Crippen LogP contribution in [0.2, 0.25) is 0 Å². The van der Waals surface area contributed by atoms with E-state index in [4.69, 9.17) is 5.11 Å². The highest BCUT2D eigenvalue weighted by Crippen LogP contribution is 2.22. The molecule has 3 N–H and O–H groups in total. The van der Waals surface area contributed by atoms with Crippen LogP contribution in [0.3, 0.4) is 0 Å². The largest absolute Gasteiger partial charge is 0.478 e. The van der Waals surface area contributed by atoms with Crippen molar-refractivity contribution in [1.82, 2.24) is 10.3 Å². The molecule has 0 radical (unpaired) electrons. The Morgan fingerprint density at radius 3 is 2.75 bits per heavy atom. The molecular weight excluding hydrogens is 258 g/mol. The van der Waals surface area contributed by atoms with E-state index in [-0.39, 0.29) is 11.5 Å². The molecule has 0 aliphatic heterocycles. The summed E-state index contributed by atoms with van der Waals surface area (Å²) in [6.45, 7) is 2.51. The van der Waals surface area contributed by atoms with Crippen LogP contribution in [0.5, 0.6) is 0 Å². The lowest BCUT2D eigenvalue weighted by molar-refractivity contribution is -0.118. The lowest BCUT2D eigenvalue weighted by atomic mass is 10.1. The van der Waals surface area contributed by atoms with Gasteiger partial charge < -0.3 is 15.7 Å². The Morgan fingerprint density at radius 2 is 2.05 bits per heavy atom. The maximum absolute atomic E-state index is 10.9. The zero-order chi connectivity index (χ0) is 14.5. The quantitative estimate of drug-likeness (QED) is 0.718. The summed E-state index contributed by atoms with van der Waals surface area (Å²) in [6.07, 6.45) is 1.62. The van der Waals surface area contributed by atoms with Crippen molar-refractivity contribution in [1.29, 1.82) is 0 Å². The van der Waals surface area contributed by atoms with Gasteiger partial charge in [-0.3, -0.25) is 4.79 Å². The minimum absolute atomic E-state index is 0.0798. The van der Waals surface area contributed by atoms with E-state index in [1.165, 1.54) is 6.92 Å². The predicted octanol–water partition coefficient (Wildman–Crippen LogP) is 1.48. The molecule has 20 heavy (non-hydrogen) atoms. The van der Waals surface area contributed by atoms with E-state index in [0.29, 0.717) is 18.9 Å². The minimum atomic E-state index is -0.955. The highest BCUT2D eigenvalue weighted by Gasteiger charge is 2.06. The number of fused-ring (bicyclic) bond motifs is 1. The first-order chi connectivity index (χ1) is 9.58. The first kappa shape index (κ1) is 13.8. The number of aromatic carboxylic acids is 1. The molecule has 0 saturated heterocycles. The molecule has 0 bridgehead atoms. The van der Waals surface area contributed by atoms with Gasteiger partial charge in [0.25, 0.3) is 0 Å². The third-order valence-corrected chi connectivity index (χ3v) is 2.80. The van der Waals surface area contributed by atoms with Crippen molar-refractivity contribution in [3.8, 4) is 0 Å². The molecule has 6 nitrogen and oxygen atoms in total. The molecule has 0 atom stereocenters. The summed E-state index contributed by atoms with van der Waals surface area (Å²) in [5.41, 5.74) is 0.243. The number of nitrogens with one attached hydrogen (secondary N) is 2. The van der Waals surface area contributed by atoms with E-state index < -0.39 is 5.97 Å². The zero-order valence-corrected chi connectivity index (χ0v) is 11.0. The molecule has 0 saturated carbocycles. The van der Waals surface area contributed by atoms with Crippen LogP contribution in [0.4, 0.5) is 5.82 Å². The molecule has 0 unspecified atom stereocenters. The maximum Gasteiger partial charge on any atom is 0.335 e. The Labute approximate surface area is 115 Å². The Bertz CT molecular complexity index is 655. The number of aromatic nitrogens is 1. The molecule has 1 heterocycles. The number of carboxylic acids is 1. The fraction of sp³-hybridized carbons (Fsp3) is 0.214. The molecule has 1 aromatic heterocycles. The summed E-state index contributed by atoms with van der Waals surface area (Å²) in [5.74, 6) is -0.363. The highest BCUT2D eigenvalue weighted by atomic mass is 16.4. The van der Waals surface area contributed by atoms with Crippen molar-refractivity contribution >= 4 is 28.5 Å². The normalized spacial score (nSPS) is 10.2. The second-order valence-electron chi connectivity index (χ2n) is 4.31. The first-order valence-corrected chi connectivity index (χ1v) is 6.18. The summed E-state index contributed by atoms with van der Waals surface area (Å²) in [5, 5.41) is 16.4. The summed E-state index contributed by atoms with van der Waals surface area (Å²) in [7, 11) is 0. The molecule has 0 fully saturated rings. The summed E-state index contributed by atoms with van der Waals surface area (Å²) in [6, 6.07) is 6.65. The third kappa shape index (κ3) is 3.23. The van der Waals surface area contributed by atoms with Crippen LogP contribution in [0.15, 0.2) is 30.5 Å². The average molecular weight is 273 g/mol. The summed E-state index contributed by atoms with van der Waals surface area (Å²) in [4.78, 5) is 25.9. The van der Waals surface area contributed by atoms with Crippen LogP contribution >= 0.6 is 0 Å². The number of hydrogen-bond donors (Lipinski definition) is 3. The number of benzene rings is 1. The average Bonchev–Trinajstić information content (AvgIpc) is 2.42. The number of rotatable bonds is 5. The first-order valence-electron chi connectivity index (χ1n) is 6.18. The number of anilines is 1. The third-order valence-electron chi connectivity index (χ3n) is 2.80. The molecule has 0 spiro atoms. The van der Waals surface area contributed by atoms with Crippen molar-refractivity contribution < 1.29 is 14.7 Å². The second kappa shape index (κ2) is 6.01. The van der Waals surface area contributed by atoms with Gasteiger partial charge in [-0.15, -0.1) is 0 Å². The van der Waals surface area contributed by atoms with Crippen LogP contribution in [-0.2, 0) is 4.79 Å². The molecule has 2 rings (SSSR count). The van der Waals surface area contributed by atoms with E-state index in [0.717, 1.165) is 10.8 Å². The van der Waals surface area contributed by atoms with Gasteiger partial charge in [0.1, 0.15) is 5.82 Å². The predicted molar refractivity (Wildman–Crippen MR) is 75.9 cm³/mol. The van der Waals surface area contributed by atoms with Gasteiger partial charge in [0.15, 0.2) is 0 Å². The van der Waals surface area contributed by atoms with Crippen molar-refractivity contribution in [3.05, 3.63) is 36.0 Å². The Morgan fingerprint density at radius 1 is 1.25 bits per heavy atom. The van der Waals surface area contributed by atoms with Crippen LogP contribution in [-0.4, -0.2) is 35.1 Å². The van der Waals surface area contributed by atoms with Crippen LogP contribution in [0.1, 0.15) is 17.3 Å². The van der Waals surface area contributed by atoms with Gasteiger partial charge in [0.2, 0.25) is 5.91 Å². The molecule has 104 valence electrons. The number of amides is 1. The number of nitrogens with zero attached hydrogens (tertiary/aromatic N) is 1. The molecule has 2 aromatic rings. The van der Waals surface area contributed by atoms with Gasteiger partial charge in [-0.2, -0.15) is 0 Å². The van der Waals surface area contributed by atoms with Gasteiger partial charge in [-0.1, -0.05) is 0 Å². The van der Waals surface area contributed by atoms with E-state index in [9.17, 15) is 9.59 Å². The monoisotopic (exact) mass is 273 g/mol. The van der Waals surface area contributed by atoms with E-state index in [1.807, 2.05) is 0 Å². The fourth-order valence-corrected chi connectivity index (χ4v) is 1.87. The van der Waals surface area contributed by atoms with E-state index >= 15 is 0 Å². The lowest BCUT2D eigenvalue weighted by Crippen LogP contribution is -2.26. The van der Waals surface area contributed by atoms with E-state index in [2.05, 4.69) is 15.6 Å². The van der Waals surface area contributed by atoms with Crippen LogP contribution in [0.25, 0.3) is 10.8 Å². The van der Waals surface area contributed by atoms with Gasteiger partial charge in [0, 0.05) is 31.6 Å². The minimum Gasteiger partial charge on any atom is -0.478 e. The zero-order valence-electron chi connectivity index (χ0n) is 11.0. The standard InChI is InChI=1S/C14H15N3O3/c1-9(18)15-6-7-17-13-12-3-2-11(14(19)20)8-10(12)4-5-16-13/h2-5,8H,6-7H2,1H3,(H,15,18)(H,16,17)(H,19,20). The van der Waals surface area contributed by atoms with Gasteiger partial charge in [0.05, 0.1) is 5.56 Å². The van der Waals surface area contributed by atoms with Crippen molar-refractivity contribution in [2.45, 2.75) is 6.92 Å². The lowest BCUT2D eigenvalue weighted by Gasteiger charge is -2.09. The summed E-state index contributed by atoms with van der Waals surface area (Å²) >= 11 is 0. The fourth-order valence-electron chi connectivity index (χ4n) is 1.87. The molecule has 6 heteroatoms. The molecular formula is C14H15N3O3. The molecule has 1 amide bonds. The van der Waals surface area contributed by atoms with Crippen LogP contribution in [0, 0.1) is 0 Å². The number of pyridine rings is 1. The Kier molecular flexibility index (Phi) is 4.14. The van der Waals surface area contributed by atoms with Gasteiger partial charge in [-0.25, -0.2) is 9.78 Å². The number of carboxylic acid groups (broad SMARTS) is 1. The Hall–Kier alpha value is -2.63. The highest BCUT2D eigenvalue weighted by molar-refractivity contribution is 5.98. The van der Waals surface area contributed by atoms with E-state index in [1.54, 1.807) is 30.5 Å². The summed E-state index contributed by atoms with van der Waals surface area (Å²) < 4.78 is 0. The maximum atomic E-state index is 10.9. The topological polar surface area (TPSA) is 91.3 Å². The molecule has 1 aromatic carbocycles. The SMILES string of the molecule is CC(=O)NCCNc1nccc2cc(C(=O)O)ccc12. The van der Waals surface area contributed by atoms with Gasteiger partial charge in [-0.05, 0) is 29.7 Å². The molecule has 0 aliphatic rings. The number of hydrogen-bond acceptors (Lipinski definition) is 4. The van der Waals surface area contributed by atoms with Gasteiger partial charge >= 0.3 is 5.97 Å². The second-order valence-corrected chi connectivity index (χ2v) is 4.31. The number of carbonyl (C=O) groups is 2. The Balaban J connectivity index is 2.17. The molecule has 0 aliphatic carbocycles. The smallest absolute Gasteiger partial charge is 0.335 e.